The van der Waals surface area contributed by atoms with E-state index in [1.165, 1.54) is 12.1 Å². The molecule has 3 heteroatoms. The maximum Gasteiger partial charge on any atom is 0.123 e. The van der Waals surface area contributed by atoms with E-state index >= 15 is 0 Å². The minimum Gasteiger partial charge on any atom is -0.388 e. The molecule has 1 unspecified atom stereocenters. The molecule has 0 radical (unpaired) electrons. The Morgan fingerprint density at radius 1 is 1.50 bits per heavy atom. The second-order valence-corrected chi connectivity index (χ2v) is 3.36. The average molecular weight is 193 g/mol. The third kappa shape index (κ3) is 1.40. The van der Waals surface area contributed by atoms with Crippen molar-refractivity contribution in [2.75, 3.05) is 0 Å². The molecule has 1 aromatic heterocycles. The van der Waals surface area contributed by atoms with Crippen molar-refractivity contribution in [2.45, 2.75) is 19.4 Å². The fraction of sp³-hybridized carbons (Fsp3) is 0.273. The highest BCUT2D eigenvalue weighted by Gasteiger charge is 2.11. The van der Waals surface area contributed by atoms with Gasteiger partial charge in [0.1, 0.15) is 5.82 Å². The van der Waals surface area contributed by atoms with E-state index in [1.54, 1.807) is 12.3 Å². The van der Waals surface area contributed by atoms with Gasteiger partial charge < -0.3 is 10.1 Å². The van der Waals surface area contributed by atoms with Crippen LogP contribution in [0.4, 0.5) is 4.39 Å². The van der Waals surface area contributed by atoms with E-state index in [0.717, 1.165) is 16.5 Å². The molecule has 0 saturated carbocycles. The monoisotopic (exact) mass is 193 g/mol. The summed E-state index contributed by atoms with van der Waals surface area (Å²) in [6.45, 7) is 1.89. The number of halogens is 1. The van der Waals surface area contributed by atoms with Gasteiger partial charge in [-0.05, 0) is 24.6 Å². The van der Waals surface area contributed by atoms with Gasteiger partial charge in [-0.15, -0.1) is 0 Å². The molecule has 0 aliphatic heterocycles. The molecule has 0 aliphatic rings. The Morgan fingerprint density at radius 3 is 3.00 bits per heavy atom. The van der Waals surface area contributed by atoms with Crippen molar-refractivity contribution in [1.82, 2.24) is 4.98 Å². The predicted molar refractivity (Wildman–Crippen MR) is 53.5 cm³/mol. The van der Waals surface area contributed by atoms with Gasteiger partial charge in [-0.3, -0.25) is 0 Å². The number of rotatable bonds is 2. The molecule has 1 atom stereocenters. The molecule has 2 N–H and O–H groups in total. The van der Waals surface area contributed by atoms with Crippen molar-refractivity contribution >= 4 is 10.9 Å². The van der Waals surface area contributed by atoms with E-state index in [2.05, 4.69) is 4.98 Å². The van der Waals surface area contributed by atoms with Crippen LogP contribution in [0.3, 0.4) is 0 Å². The predicted octanol–water partition coefficient (Wildman–Crippen LogP) is 2.75. The van der Waals surface area contributed by atoms with Crippen LogP contribution >= 0.6 is 0 Å². The molecule has 1 heterocycles. The Kier molecular flexibility index (Phi) is 2.25. The normalized spacial score (nSPS) is 13.4. The van der Waals surface area contributed by atoms with Gasteiger partial charge >= 0.3 is 0 Å². The molecule has 0 fully saturated rings. The first-order valence-corrected chi connectivity index (χ1v) is 4.67. The van der Waals surface area contributed by atoms with E-state index in [0.29, 0.717) is 6.42 Å². The third-order valence-electron chi connectivity index (χ3n) is 2.42. The summed E-state index contributed by atoms with van der Waals surface area (Å²) in [6, 6.07) is 4.53. The third-order valence-corrected chi connectivity index (χ3v) is 2.42. The summed E-state index contributed by atoms with van der Waals surface area (Å²) < 4.78 is 13.0. The maximum absolute atomic E-state index is 13.0. The molecule has 2 nitrogen and oxygen atoms in total. The SMILES string of the molecule is CCC(O)c1c[nH]c2ccc(F)cc12. The molecular weight excluding hydrogens is 181 g/mol. The Morgan fingerprint density at radius 2 is 2.29 bits per heavy atom. The van der Waals surface area contributed by atoms with Crippen LogP contribution in [0, 0.1) is 5.82 Å². The average Bonchev–Trinajstić information content (AvgIpc) is 2.59. The van der Waals surface area contributed by atoms with Gasteiger partial charge in [0, 0.05) is 22.7 Å². The lowest BCUT2D eigenvalue weighted by molar-refractivity contribution is 0.175. The number of aliphatic hydroxyl groups excluding tert-OH is 1. The molecular formula is C11H12FNO. The van der Waals surface area contributed by atoms with Gasteiger partial charge in [0.25, 0.3) is 0 Å². The summed E-state index contributed by atoms with van der Waals surface area (Å²) in [5.41, 5.74) is 1.62. The first kappa shape index (κ1) is 9.21. The molecule has 0 saturated heterocycles. The van der Waals surface area contributed by atoms with Crippen molar-refractivity contribution in [3.63, 3.8) is 0 Å². The molecule has 0 bridgehead atoms. The number of aromatic amines is 1. The number of fused-ring (bicyclic) bond motifs is 1. The molecule has 14 heavy (non-hydrogen) atoms. The highest BCUT2D eigenvalue weighted by atomic mass is 19.1. The Labute approximate surface area is 81.4 Å². The Balaban J connectivity index is 2.61. The standard InChI is InChI=1S/C11H12FNO/c1-2-11(14)9-6-13-10-4-3-7(12)5-8(9)10/h3-6,11,13-14H,2H2,1H3. The lowest BCUT2D eigenvalue weighted by Crippen LogP contribution is -1.93. The summed E-state index contributed by atoms with van der Waals surface area (Å²) >= 11 is 0. The zero-order valence-electron chi connectivity index (χ0n) is 7.92. The number of aliphatic hydroxyl groups is 1. The molecule has 2 rings (SSSR count). The van der Waals surface area contributed by atoms with Crippen molar-refractivity contribution in [3.05, 3.63) is 35.8 Å². The number of hydrogen-bond acceptors (Lipinski definition) is 1. The lowest BCUT2D eigenvalue weighted by atomic mass is 10.1. The highest BCUT2D eigenvalue weighted by Crippen LogP contribution is 2.26. The number of H-pyrrole nitrogens is 1. The quantitative estimate of drug-likeness (QED) is 0.755. The number of nitrogens with one attached hydrogen (secondary N) is 1. The maximum atomic E-state index is 13.0. The van der Waals surface area contributed by atoms with Crippen molar-refractivity contribution < 1.29 is 9.50 Å². The molecule has 0 amide bonds. The van der Waals surface area contributed by atoms with Crippen LogP contribution in [0.1, 0.15) is 25.0 Å². The van der Waals surface area contributed by atoms with E-state index in [9.17, 15) is 9.50 Å². The molecule has 74 valence electrons. The topological polar surface area (TPSA) is 36.0 Å². The summed E-state index contributed by atoms with van der Waals surface area (Å²) in [6.07, 6.45) is 1.84. The van der Waals surface area contributed by atoms with Crippen LogP contribution in [-0.4, -0.2) is 10.1 Å². The molecule has 0 aliphatic carbocycles. The minimum atomic E-state index is -0.523. The largest absolute Gasteiger partial charge is 0.388 e. The van der Waals surface area contributed by atoms with Crippen LogP contribution in [0.5, 0.6) is 0 Å². The zero-order valence-corrected chi connectivity index (χ0v) is 7.92. The van der Waals surface area contributed by atoms with Crippen LogP contribution < -0.4 is 0 Å². The first-order valence-electron chi connectivity index (χ1n) is 4.67. The fourth-order valence-corrected chi connectivity index (χ4v) is 1.61. The van der Waals surface area contributed by atoms with E-state index in [1.807, 2.05) is 6.92 Å². The fourth-order valence-electron chi connectivity index (χ4n) is 1.61. The second kappa shape index (κ2) is 3.42. The van der Waals surface area contributed by atoms with E-state index in [-0.39, 0.29) is 5.82 Å². The number of benzene rings is 1. The lowest BCUT2D eigenvalue weighted by Gasteiger charge is -2.05. The summed E-state index contributed by atoms with van der Waals surface area (Å²) in [5, 5.41) is 10.4. The van der Waals surface area contributed by atoms with Crippen molar-refractivity contribution in [2.24, 2.45) is 0 Å². The minimum absolute atomic E-state index is 0.276. The van der Waals surface area contributed by atoms with Crippen LogP contribution in [0.15, 0.2) is 24.4 Å². The van der Waals surface area contributed by atoms with Gasteiger partial charge in [0.15, 0.2) is 0 Å². The Bertz CT molecular complexity index is 449. The summed E-state index contributed by atoms with van der Waals surface area (Å²) in [7, 11) is 0. The van der Waals surface area contributed by atoms with Crippen LogP contribution in [0.2, 0.25) is 0 Å². The van der Waals surface area contributed by atoms with Crippen LogP contribution in [-0.2, 0) is 0 Å². The molecule has 2 aromatic rings. The second-order valence-electron chi connectivity index (χ2n) is 3.36. The van der Waals surface area contributed by atoms with E-state index < -0.39 is 6.10 Å². The van der Waals surface area contributed by atoms with Gasteiger partial charge in [-0.25, -0.2) is 4.39 Å². The molecule has 0 spiro atoms. The van der Waals surface area contributed by atoms with Gasteiger partial charge in [0.05, 0.1) is 6.10 Å². The van der Waals surface area contributed by atoms with Gasteiger partial charge in [0.2, 0.25) is 0 Å². The van der Waals surface area contributed by atoms with Crippen LogP contribution in [0.25, 0.3) is 10.9 Å². The summed E-state index contributed by atoms with van der Waals surface area (Å²) in [4.78, 5) is 3.00. The van der Waals surface area contributed by atoms with Crippen molar-refractivity contribution in [1.29, 1.82) is 0 Å². The van der Waals surface area contributed by atoms with E-state index in [4.69, 9.17) is 0 Å². The zero-order chi connectivity index (χ0) is 10.1. The van der Waals surface area contributed by atoms with Gasteiger partial charge in [-0.2, -0.15) is 0 Å². The Hall–Kier alpha value is -1.35. The summed E-state index contributed by atoms with van der Waals surface area (Å²) in [5.74, 6) is -0.276. The first-order chi connectivity index (χ1) is 6.72. The van der Waals surface area contributed by atoms with Gasteiger partial charge in [-0.1, -0.05) is 6.92 Å². The van der Waals surface area contributed by atoms with Crippen molar-refractivity contribution in [3.8, 4) is 0 Å². The smallest absolute Gasteiger partial charge is 0.123 e. The highest BCUT2D eigenvalue weighted by molar-refractivity contribution is 5.83. The number of hydrogen-bond donors (Lipinski definition) is 2. The molecule has 1 aromatic carbocycles. The number of aromatic nitrogens is 1.